The first-order valence-corrected chi connectivity index (χ1v) is 8.91. The maximum absolute atomic E-state index is 11.0. The lowest BCUT2D eigenvalue weighted by atomic mass is 10.2. The Kier molecular flexibility index (Phi) is 5.20. The Bertz CT molecular complexity index is 753. The van der Waals surface area contributed by atoms with E-state index in [2.05, 4.69) is 46.9 Å². The monoisotopic (exact) mass is 434 g/mol. The largest absolute Gasteiger partial charge is 0.379 e. The SMILES string of the molecule is NS(=O)(=O)Nc1cccc(NCc2ncc(Br)cc2Br)c1. The Balaban J connectivity index is 2.08. The molecule has 21 heavy (non-hydrogen) atoms. The van der Waals surface area contributed by atoms with E-state index in [0.717, 1.165) is 20.3 Å². The number of halogens is 2. The summed E-state index contributed by atoms with van der Waals surface area (Å²) in [4.78, 5) is 4.29. The summed E-state index contributed by atoms with van der Waals surface area (Å²) in [5.74, 6) is 0. The summed E-state index contributed by atoms with van der Waals surface area (Å²) in [6.45, 7) is 0.493. The predicted molar refractivity (Wildman–Crippen MR) is 90.1 cm³/mol. The molecule has 112 valence electrons. The number of benzene rings is 1. The summed E-state index contributed by atoms with van der Waals surface area (Å²) < 4.78 is 26.0. The van der Waals surface area contributed by atoms with Crippen molar-refractivity contribution < 1.29 is 8.42 Å². The van der Waals surface area contributed by atoms with E-state index in [1.165, 1.54) is 0 Å². The zero-order valence-electron chi connectivity index (χ0n) is 10.7. The molecule has 0 fully saturated rings. The van der Waals surface area contributed by atoms with Gasteiger partial charge in [0.15, 0.2) is 0 Å². The van der Waals surface area contributed by atoms with Crippen LogP contribution in [0.5, 0.6) is 0 Å². The van der Waals surface area contributed by atoms with Crippen LogP contribution in [0.15, 0.2) is 45.5 Å². The van der Waals surface area contributed by atoms with Gasteiger partial charge in [-0.2, -0.15) is 8.42 Å². The molecule has 2 rings (SSSR count). The highest BCUT2D eigenvalue weighted by molar-refractivity contribution is 9.11. The third kappa shape index (κ3) is 5.27. The van der Waals surface area contributed by atoms with E-state index in [9.17, 15) is 8.42 Å². The molecule has 6 nitrogen and oxygen atoms in total. The highest BCUT2D eigenvalue weighted by Crippen LogP contribution is 2.21. The fourth-order valence-corrected chi connectivity index (χ4v) is 3.20. The van der Waals surface area contributed by atoms with Gasteiger partial charge in [-0.25, -0.2) is 5.14 Å². The molecule has 2 aromatic rings. The Morgan fingerprint density at radius 1 is 1.19 bits per heavy atom. The van der Waals surface area contributed by atoms with Gasteiger partial charge in [0, 0.05) is 20.8 Å². The summed E-state index contributed by atoms with van der Waals surface area (Å²) in [5.41, 5.74) is 1.98. The van der Waals surface area contributed by atoms with Crippen molar-refractivity contribution in [1.82, 2.24) is 4.98 Å². The number of anilines is 2. The number of hydrogen-bond acceptors (Lipinski definition) is 4. The van der Waals surface area contributed by atoms with Crippen molar-refractivity contribution in [2.75, 3.05) is 10.0 Å². The molecule has 0 spiro atoms. The Morgan fingerprint density at radius 3 is 2.57 bits per heavy atom. The minimum atomic E-state index is -3.78. The molecule has 0 bridgehead atoms. The van der Waals surface area contributed by atoms with Crippen LogP contribution in [-0.4, -0.2) is 13.4 Å². The van der Waals surface area contributed by atoms with Gasteiger partial charge in [0.2, 0.25) is 0 Å². The van der Waals surface area contributed by atoms with Gasteiger partial charge < -0.3 is 5.32 Å². The average molecular weight is 436 g/mol. The molecule has 0 saturated heterocycles. The van der Waals surface area contributed by atoms with Crippen molar-refractivity contribution in [2.45, 2.75) is 6.54 Å². The highest BCUT2D eigenvalue weighted by Gasteiger charge is 2.05. The van der Waals surface area contributed by atoms with Gasteiger partial charge in [0.05, 0.1) is 17.9 Å². The minimum absolute atomic E-state index is 0.394. The van der Waals surface area contributed by atoms with Crippen LogP contribution in [0, 0.1) is 0 Å². The second-order valence-corrected chi connectivity index (χ2v) is 7.23. The molecule has 1 heterocycles. The molecule has 0 atom stereocenters. The predicted octanol–water partition coefficient (Wildman–Crippen LogP) is 2.83. The lowest BCUT2D eigenvalue weighted by Crippen LogP contribution is -2.21. The molecule has 0 aliphatic carbocycles. The van der Waals surface area contributed by atoms with E-state index in [4.69, 9.17) is 5.14 Å². The topological polar surface area (TPSA) is 97.1 Å². The van der Waals surface area contributed by atoms with Crippen LogP contribution in [0.1, 0.15) is 5.69 Å². The molecule has 0 unspecified atom stereocenters. The van der Waals surface area contributed by atoms with Crippen LogP contribution in [0.25, 0.3) is 0 Å². The van der Waals surface area contributed by atoms with Crippen LogP contribution in [0.3, 0.4) is 0 Å². The van der Waals surface area contributed by atoms with Crippen LogP contribution in [-0.2, 0) is 16.8 Å². The standard InChI is InChI=1S/C12H12Br2N4O2S/c13-8-4-11(14)12(17-6-8)7-16-9-2-1-3-10(5-9)18-21(15,19)20/h1-6,16,18H,7H2,(H2,15,19,20). The summed E-state index contributed by atoms with van der Waals surface area (Å²) in [7, 11) is -3.78. The van der Waals surface area contributed by atoms with Gasteiger partial charge >= 0.3 is 0 Å². The number of nitrogens with one attached hydrogen (secondary N) is 2. The second-order valence-electron chi connectivity index (χ2n) is 4.16. The quantitative estimate of drug-likeness (QED) is 0.672. The third-order valence-electron chi connectivity index (χ3n) is 2.47. The van der Waals surface area contributed by atoms with Crippen molar-refractivity contribution in [3.63, 3.8) is 0 Å². The summed E-state index contributed by atoms with van der Waals surface area (Å²) in [5, 5.41) is 8.10. The number of nitrogens with zero attached hydrogens (tertiary/aromatic N) is 1. The maximum Gasteiger partial charge on any atom is 0.296 e. The molecular formula is C12H12Br2N4O2S. The van der Waals surface area contributed by atoms with Gasteiger partial charge in [-0.1, -0.05) is 6.07 Å². The van der Waals surface area contributed by atoms with Gasteiger partial charge in [0.1, 0.15) is 0 Å². The molecule has 9 heteroatoms. The van der Waals surface area contributed by atoms with Crippen LogP contribution < -0.4 is 15.2 Å². The Hall–Kier alpha value is -1.16. The normalized spacial score (nSPS) is 11.2. The molecular weight excluding hydrogens is 424 g/mol. The van der Waals surface area contributed by atoms with E-state index in [-0.39, 0.29) is 0 Å². The van der Waals surface area contributed by atoms with E-state index >= 15 is 0 Å². The summed E-state index contributed by atoms with van der Waals surface area (Å²) >= 11 is 6.77. The van der Waals surface area contributed by atoms with Crippen LogP contribution in [0.4, 0.5) is 11.4 Å². The van der Waals surface area contributed by atoms with Crippen LogP contribution >= 0.6 is 31.9 Å². The zero-order valence-corrected chi connectivity index (χ0v) is 14.7. The number of nitrogens with two attached hydrogens (primary N) is 1. The first-order valence-electron chi connectivity index (χ1n) is 5.78. The number of pyridine rings is 1. The van der Waals surface area contributed by atoms with E-state index < -0.39 is 10.2 Å². The maximum atomic E-state index is 11.0. The van der Waals surface area contributed by atoms with Gasteiger partial charge in [0.25, 0.3) is 10.2 Å². The van der Waals surface area contributed by atoms with Crippen LogP contribution in [0.2, 0.25) is 0 Å². The van der Waals surface area contributed by atoms with Gasteiger partial charge in [-0.3, -0.25) is 9.71 Å². The fourth-order valence-electron chi connectivity index (χ4n) is 1.62. The van der Waals surface area contributed by atoms with Crippen molar-refractivity contribution in [2.24, 2.45) is 5.14 Å². The molecule has 0 radical (unpaired) electrons. The van der Waals surface area contributed by atoms with E-state index in [1.54, 1.807) is 24.4 Å². The Labute approximate surface area is 139 Å². The first kappa shape index (κ1) is 16.2. The molecule has 0 saturated carbocycles. The fraction of sp³-hybridized carbons (Fsp3) is 0.0833. The van der Waals surface area contributed by atoms with E-state index in [1.807, 2.05) is 12.1 Å². The number of hydrogen-bond donors (Lipinski definition) is 3. The zero-order chi connectivity index (χ0) is 15.5. The third-order valence-corrected chi connectivity index (χ3v) is 4.11. The van der Waals surface area contributed by atoms with Crippen molar-refractivity contribution in [3.05, 3.63) is 51.2 Å². The smallest absolute Gasteiger partial charge is 0.296 e. The van der Waals surface area contributed by atoms with Crippen molar-refractivity contribution in [1.29, 1.82) is 0 Å². The molecule has 1 aromatic carbocycles. The lowest BCUT2D eigenvalue weighted by Gasteiger charge is -2.10. The molecule has 0 aliphatic rings. The number of rotatable bonds is 5. The minimum Gasteiger partial charge on any atom is -0.379 e. The summed E-state index contributed by atoms with van der Waals surface area (Å²) in [6, 6.07) is 8.71. The molecule has 4 N–H and O–H groups in total. The second kappa shape index (κ2) is 6.73. The van der Waals surface area contributed by atoms with Crippen molar-refractivity contribution >= 4 is 53.4 Å². The number of aromatic nitrogens is 1. The summed E-state index contributed by atoms with van der Waals surface area (Å²) in [6.07, 6.45) is 1.71. The van der Waals surface area contributed by atoms with Gasteiger partial charge in [-0.15, -0.1) is 0 Å². The molecule has 0 amide bonds. The lowest BCUT2D eigenvalue weighted by molar-refractivity contribution is 0.603. The molecule has 0 aliphatic heterocycles. The average Bonchev–Trinajstić information content (AvgIpc) is 2.36. The molecule has 1 aromatic heterocycles. The van der Waals surface area contributed by atoms with Gasteiger partial charge in [-0.05, 0) is 56.1 Å². The van der Waals surface area contributed by atoms with E-state index in [0.29, 0.717) is 12.2 Å². The van der Waals surface area contributed by atoms with Crippen molar-refractivity contribution in [3.8, 4) is 0 Å². The Morgan fingerprint density at radius 2 is 1.90 bits per heavy atom. The highest BCUT2D eigenvalue weighted by atomic mass is 79.9. The first-order chi connectivity index (χ1) is 9.83.